The smallest absolute Gasteiger partial charge is 0.295 e. The quantitative estimate of drug-likeness (QED) is 0.393. The maximum absolute atomic E-state index is 13.1. The van der Waals surface area contributed by atoms with Crippen LogP contribution >= 0.6 is 0 Å². The highest BCUT2D eigenvalue weighted by atomic mass is 16.5. The Morgan fingerprint density at radius 3 is 2.79 bits per heavy atom. The number of aliphatic hydroxyl groups is 1. The van der Waals surface area contributed by atoms with E-state index < -0.39 is 17.7 Å². The highest BCUT2D eigenvalue weighted by molar-refractivity contribution is 6.46. The molecule has 1 atom stereocenters. The number of hydrogen-bond donors (Lipinski definition) is 1. The number of nitrogens with zero attached hydrogens (tertiary/aromatic N) is 2. The van der Waals surface area contributed by atoms with Crippen molar-refractivity contribution in [1.82, 2.24) is 4.90 Å². The second-order valence-corrected chi connectivity index (χ2v) is 7.94. The van der Waals surface area contributed by atoms with Gasteiger partial charge in [-0.25, -0.2) is 0 Å². The lowest BCUT2D eigenvalue weighted by Gasteiger charge is -2.28. The number of rotatable bonds is 7. The first-order valence-electron chi connectivity index (χ1n) is 10.9. The molecule has 33 heavy (non-hydrogen) atoms. The Morgan fingerprint density at radius 1 is 1.21 bits per heavy atom. The number of likely N-dealkylation sites (tertiary alicyclic amines) is 1. The topological polar surface area (TPSA) is 88.5 Å². The van der Waals surface area contributed by atoms with Crippen molar-refractivity contribution in [3.63, 3.8) is 0 Å². The van der Waals surface area contributed by atoms with Crippen molar-refractivity contribution in [3.8, 4) is 11.5 Å². The van der Waals surface area contributed by atoms with Crippen molar-refractivity contribution in [3.05, 3.63) is 59.2 Å². The molecule has 174 valence electrons. The molecule has 1 unspecified atom stereocenters. The number of methoxy groups -OCH3 is 1. The van der Waals surface area contributed by atoms with Gasteiger partial charge in [0.1, 0.15) is 23.9 Å². The lowest BCUT2D eigenvalue weighted by Crippen LogP contribution is -2.32. The molecule has 8 nitrogen and oxygen atoms in total. The molecule has 0 spiro atoms. The van der Waals surface area contributed by atoms with Gasteiger partial charge in [0.2, 0.25) is 0 Å². The molecule has 0 bridgehead atoms. The second kappa shape index (κ2) is 9.54. The summed E-state index contributed by atoms with van der Waals surface area (Å²) < 4.78 is 16.5. The molecule has 0 radical (unpaired) electrons. The van der Waals surface area contributed by atoms with Crippen LogP contribution in [0.15, 0.2) is 48.0 Å². The summed E-state index contributed by atoms with van der Waals surface area (Å²) in [5.74, 6) is -0.278. The van der Waals surface area contributed by atoms with Gasteiger partial charge >= 0.3 is 0 Å². The Morgan fingerprint density at radius 2 is 2.03 bits per heavy atom. The number of aliphatic hydroxyl groups excluding tert-OH is 1. The normalized spacial score (nSPS) is 19.4. The molecule has 1 saturated heterocycles. The molecule has 2 aliphatic heterocycles. The SMILES string of the molecule is CCOc1cccc(C2/C(=C(/O)c3ccc4c(c3)N(C)CCO4)C(=O)C(=O)N2CCOC)c1. The molecule has 0 aliphatic carbocycles. The minimum Gasteiger partial charge on any atom is -0.507 e. The molecular formula is C25H28N2O6. The van der Waals surface area contributed by atoms with E-state index in [0.29, 0.717) is 42.4 Å². The number of amides is 1. The van der Waals surface area contributed by atoms with Crippen LogP contribution < -0.4 is 14.4 Å². The first-order chi connectivity index (χ1) is 16.0. The number of carbonyl (C=O) groups excluding carboxylic acids is 2. The van der Waals surface area contributed by atoms with E-state index in [9.17, 15) is 14.7 Å². The minimum atomic E-state index is -0.759. The van der Waals surface area contributed by atoms with Gasteiger partial charge in [0.15, 0.2) is 0 Å². The molecule has 1 N–H and O–H groups in total. The van der Waals surface area contributed by atoms with E-state index in [-0.39, 0.29) is 24.5 Å². The summed E-state index contributed by atoms with van der Waals surface area (Å²) >= 11 is 0. The van der Waals surface area contributed by atoms with Crippen molar-refractivity contribution < 1.29 is 28.9 Å². The summed E-state index contributed by atoms with van der Waals surface area (Å²) in [7, 11) is 3.47. The molecule has 2 heterocycles. The van der Waals surface area contributed by atoms with Gasteiger partial charge in [-0.05, 0) is 42.8 Å². The third-order valence-corrected chi connectivity index (χ3v) is 5.89. The lowest BCUT2D eigenvalue weighted by molar-refractivity contribution is -0.140. The maximum Gasteiger partial charge on any atom is 0.295 e. The molecule has 2 aromatic carbocycles. The maximum atomic E-state index is 13.1. The molecule has 4 rings (SSSR count). The van der Waals surface area contributed by atoms with E-state index in [1.54, 1.807) is 24.3 Å². The largest absolute Gasteiger partial charge is 0.507 e. The molecule has 1 fully saturated rings. The van der Waals surface area contributed by atoms with Crippen LogP contribution in [0.2, 0.25) is 0 Å². The summed E-state index contributed by atoms with van der Waals surface area (Å²) in [6.45, 7) is 4.13. The molecular weight excluding hydrogens is 424 g/mol. The van der Waals surface area contributed by atoms with Gasteiger partial charge in [-0.2, -0.15) is 0 Å². The molecule has 2 aromatic rings. The molecule has 8 heteroatoms. The zero-order valence-electron chi connectivity index (χ0n) is 19.0. The lowest BCUT2D eigenvalue weighted by atomic mass is 9.95. The van der Waals surface area contributed by atoms with Crippen molar-refractivity contribution in [2.45, 2.75) is 13.0 Å². The van der Waals surface area contributed by atoms with Crippen LogP contribution in [-0.4, -0.2) is 68.8 Å². The molecule has 0 aromatic heterocycles. The number of likely N-dealkylation sites (N-methyl/N-ethyl adjacent to an activating group) is 1. The van der Waals surface area contributed by atoms with E-state index in [1.807, 2.05) is 37.1 Å². The van der Waals surface area contributed by atoms with Gasteiger partial charge in [-0.3, -0.25) is 9.59 Å². The van der Waals surface area contributed by atoms with Gasteiger partial charge in [0, 0.05) is 26.3 Å². The molecule has 0 saturated carbocycles. The van der Waals surface area contributed by atoms with Crippen molar-refractivity contribution in [2.24, 2.45) is 0 Å². The Hall–Kier alpha value is -3.52. The first-order valence-corrected chi connectivity index (χ1v) is 10.9. The fraction of sp³-hybridized carbons (Fsp3) is 0.360. The summed E-state index contributed by atoms with van der Waals surface area (Å²) in [6, 6.07) is 11.7. The molecule has 1 amide bonds. The number of ketones is 1. The van der Waals surface area contributed by atoms with Gasteiger partial charge in [0.25, 0.3) is 11.7 Å². The Kier molecular flexibility index (Phi) is 6.55. The number of anilines is 1. The van der Waals surface area contributed by atoms with E-state index in [4.69, 9.17) is 14.2 Å². The van der Waals surface area contributed by atoms with Crippen LogP contribution in [0.25, 0.3) is 5.76 Å². The second-order valence-electron chi connectivity index (χ2n) is 7.94. The number of benzene rings is 2. The summed E-state index contributed by atoms with van der Waals surface area (Å²) in [5.41, 5.74) is 1.98. The predicted octanol–water partition coefficient (Wildman–Crippen LogP) is 2.98. The van der Waals surface area contributed by atoms with Crippen molar-refractivity contribution in [2.75, 3.05) is 52.0 Å². The van der Waals surface area contributed by atoms with Gasteiger partial charge in [0.05, 0.1) is 37.1 Å². The van der Waals surface area contributed by atoms with E-state index >= 15 is 0 Å². The number of hydrogen-bond acceptors (Lipinski definition) is 7. The van der Waals surface area contributed by atoms with E-state index in [2.05, 4.69) is 0 Å². The number of carbonyl (C=O) groups is 2. The number of fused-ring (bicyclic) bond motifs is 1. The van der Waals surface area contributed by atoms with Crippen molar-refractivity contribution in [1.29, 1.82) is 0 Å². The Balaban J connectivity index is 1.84. The third kappa shape index (κ3) is 4.26. The van der Waals surface area contributed by atoms with Gasteiger partial charge < -0.3 is 29.1 Å². The third-order valence-electron chi connectivity index (χ3n) is 5.89. The monoisotopic (exact) mass is 452 g/mol. The van der Waals surface area contributed by atoms with Crippen LogP contribution in [0.4, 0.5) is 5.69 Å². The number of ether oxygens (including phenoxy) is 3. The zero-order chi connectivity index (χ0) is 23.5. The summed E-state index contributed by atoms with van der Waals surface area (Å²) in [5, 5.41) is 11.3. The Labute approximate surface area is 193 Å². The first kappa shape index (κ1) is 22.7. The van der Waals surface area contributed by atoms with Crippen LogP contribution in [0.3, 0.4) is 0 Å². The standard InChI is InChI=1S/C25H28N2O6/c1-4-32-18-7-5-6-16(14-18)22-21(24(29)25(30)27(22)11-12-31-3)23(28)17-8-9-20-19(15-17)26(2)10-13-33-20/h5-9,14-15,22,28H,4,10-13H2,1-3H3/b23-21-. The fourth-order valence-corrected chi connectivity index (χ4v) is 4.24. The highest BCUT2D eigenvalue weighted by Gasteiger charge is 2.46. The van der Waals surface area contributed by atoms with Crippen LogP contribution in [0, 0.1) is 0 Å². The minimum absolute atomic E-state index is 0.0454. The van der Waals surface area contributed by atoms with Gasteiger partial charge in [-0.1, -0.05) is 12.1 Å². The van der Waals surface area contributed by atoms with E-state index in [0.717, 1.165) is 5.69 Å². The van der Waals surface area contributed by atoms with Gasteiger partial charge in [-0.15, -0.1) is 0 Å². The predicted molar refractivity (Wildman–Crippen MR) is 124 cm³/mol. The van der Waals surface area contributed by atoms with E-state index in [1.165, 1.54) is 12.0 Å². The van der Waals surface area contributed by atoms with Crippen LogP contribution in [0.1, 0.15) is 24.1 Å². The van der Waals surface area contributed by atoms with Crippen LogP contribution in [0.5, 0.6) is 11.5 Å². The summed E-state index contributed by atoms with van der Waals surface area (Å²) in [6.07, 6.45) is 0. The van der Waals surface area contributed by atoms with Crippen LogP contribution in [-0.2, 0) is 14.3 Å². The Bertz CT molecular complexity index is 1100. The average molecular weight is 453 g/mol. The number of Topliss-reactive ketones (excluding diaryl/α,β-unsaturated/α-hetero) is 1. The average Bonchev–Trinajstić information content (AvgIpc) is 3.07. The fourth-order valence-electron chi connectivity index (χ4n) is 4.24. The zero-order valence-corrected chi connectivity index (χ0v) is 19.0. The van der Waals surface area contributed by atoms with Crippen molar-refractivity contribution >= 4 is 23.1 Å². The molecule has 2 aliphatic rings. The summed E-state index contributed by atoms with van der Waals surface area (Å²) in [4.78, 5) is 29.5. The highest BCUT2D eigenvalue weighted by Crippen LogP contribution is 2.41.